The van der Waals surface area contributed by atoms with Crippen LogP contribution in [-0.2, 0) is 0 Å². The molecule has 1 nitrogen and oxygen atoms in total. The zero-order chi connectivity index (χ0) is 29.8. The molecule has 0 unspecified atom stereocenters. The van der Waals surface area contributed by atoms with Crippen molar-refractivity contribution in [3.8, 4) is 5.69 Å². The van der Waals surface area contributed by atoms with Crippen LogP contribution in [0, 0.1) is 0 Å². The fraction of sp³-hybridized carbons (Fsp3) is 0. The van der Waals surface area contributed by atoms with Crippen LogP contribution >= 0.6 is 11.3 Å². The van der Waals surface area contributed by atoms with E-state index in [4.69, 9.17) is 0 Å². The van der Waals surface area contributed by atoms with E-state index < -0.39 is 8.07 Å². The number of para-hydroxylation sites is 2. The number of nitrogens with zero attached hydrogens (tertiary/aromatic N) is 1. The Morgan fingerprint density at radius 2 is 0.978 bits per heavy atom. The van der Waals surface area contributed by atoms with E-state index in [2.05, 4.69) is 180 Å². The summed E-state index contributed by atoms with van der Waals surface area (Å²) in [7, 11) is -2.82. The molecule has 0 saturated heterocycles. The highest BCUT2D eigenvalue weighted by Gasteiger charge is 2.43. The number of thiophene rings is 1. The summed E-state index contributed by atoms with van der Waals surface area (Å²) in [6.07, 6.45) is 0. The molecule has 0 saturated carbocycles. The van der Waals surface area contributed by atoms with Crippen LogP contribution in [0.5, 0.6) is 0 Å². The van der Waals surface area contributed by atoms with Crippen LogP contribution in [0.25, 0.3) is 47.7 Å². The van der Waals surface area contributed by atoms with Crippen molar-refractivity contribution < 1.29 is 0 Å². The third kappa shape index (κ3) is 3.91. The molecule has 45 heavy (non-hydrogen) atoms. The van der Waals surface area contributed by atoms with Gasteiger partial charge in [-0.15, -0.1) is 11.3 Å². The Kier molecular flexibility index (Phi) is 6.08. The summed E-state index contributed by atoms with van der Waals surface area (Å²) in [6.45, 7) is 0. The topological polar surface area (TPSA) is 4.93 Å². The fourth-order valence-electron chi connectivity index (χ4n) is 7.44. The van der Waals surface area contributed by atoms with Gasteiger partial charge in [0, 0.05) is 36.6 Å². The van der Waals surface area contributed by atoms with Gasteiger partial charge < -0.3 is 4.57 Å². The zero-order valence-corrected chi connectivity index (χ0v) is 26.4. The van der Waals surface area contributed by atoms with E-state index in [1.807, 2.05) is 11.3 Å². The summed E-state index contributed by atoms with van der Waals surface area (Å²) in [4.78, 5) is 0. The van der Waals surface area contributed by atoms with Crippen LogP contribution in [0.3, 0.4) is 0 Å². The lowest BCUT2D eigenvalue weighted by molar-refractivity contribution is 1.18. The van der Waals surface area contributed by atoms with E-state index in [1.54, 1.807) is 0 Å². The highest BCUT2D eigenvalue weighted by Crippen LogP contribution is 2.35. The molecule has 0 spiro atoms. The normalized spacial score (nSPS) is 12.0. The van der Waals surface area contributed by atoms with E-state index in [0.717, 1.165) is 0 Å². The van der Waals surface area contributed by atoms with Crippen molar-refractivity contribution in [2.75, 3.05) is 0 Å². The van der Waals surface area contributed by atoms with E-state index in [0.29, 0.717) is 0 Å². The number of fused-ring (bicyclic) bond motifs is 6. The lowest BCUT2D eigenvalue weighted by Crippen LogP contribution is -2.74. The lowest BCUT2D eigenvalue weighted by atomic mass is 10.1. The number of hydrogen-bond acceptors (Lipinski definition) is 1. The summed E-state index contributed by atoms with van der Waals surface area (Å²) >= 11 is 1.94. The van der Waals surface area contributed by atoms with Crippen molar-refractivity contribution in [2.24, 2.45) is 0 Å². The third-order valence-corrected chi connectivity index (χ3v) is 15.5. The van der Waals surface area contributed by atoms with Crippen molar-refractivity contribution >= 4 is 82.1 Å². The maximum Gasteiger partial charge on any atom is 0.181 e. The molecule has 0 aliphatic rings. The molecular formula is C42H29NSSi. The van der Waals surface area contributed by atoms with Gasteiger partial charge in [-0.25, -0.2) is 0 Å². The van der Waals surface area contributed by atoms with Crippen LogP contribution in [-0.4, -0.2) is 12.6 Å². The maximum absolute atomic E-state index is 2.82. The zero-order valence-electron chi connectivity index (χ0n) is 24.6. The Bertz CT molecular complexity index is 2440. The van der Waals surface area contributed by atoms with E-state index >= 15 is 0 Å². The second-order valence-corrected chi connectivity index (χ2v) is 16.5. The molecule has 9 rings (SSSR count). The van der Waals surface area contributed by atoms with Crippen LogP contribution in [0.15, 0.2) is 176 Å². The first kappa shape index (κ1) is 26.2. The molecule has 0 amide bonds. The smallest absolute Gasteiger partial charge is 0.181 e. The van der Waals surface area contributed by atoms with Crippen molar-refractivity contribution in [3.63, 3.8) is 0 Å². The molecular weight excluding hydrogens is 579 g/mol. The number of rotatable bonds is 5. The van der Waals surface area contributed by atoms with Gasteiger partial charge >= 0.3 is 0 Å². The Balaban J connectivity index is 1.47. The van der Waals surface area contributed by atoms with Gasteiger partial charge in [-0.1, -0.05) is 146 Å². The number of aromatic nitrogens is 1. The van der Waals surface area contributed by atoms with Crippen LogP contribution < -0.4 is 20.7 Å². The summed E-state index contributed by atoms with van der Waals surface area (Å²) in [5.41, 5.74) is 3.65. The molecule has 0 N–H and O–H groups in total. The molecule has 0 bridgehead atoms. The Labute approximate surface area is 267 Å². The van der Waals surface area contributed by atoms with E-state index in [-0.39, 0.29) is 0 Å². The summed E-state index contributed by atoms with van der Waals surface area (Å²) in [6, 6.07) is 65.4. The van der Waals surface area contributed by atoms with Gasteiger partial charge in [-0.3, -0.25) is 0 Å². The Hall–Kier alpha value is -5.22. The van der Waals surface area contributed by atoms with Crippen molar-refractivity contribution in [3.05, 3.63) is 176 Å². The average Bonchev–Trinajstić information content (AvgIpc) is 3.66. The van der Waals surface area contributed by atoms with Crippen LogP contribution in [0.1, 0.15) is 0 Å². The third-order valence-electron chi connectivity index (χ3n) is 9.34. The minimum atomic E-state index is -2.82. The first-order valence-corrected chi connectivity index (χ1v) is 18.3. The Morgan fingerprint density at radius 1 is 0.400 bits per heavy atom. The van der Waals surface area contributed by atoms with Crippen LogP contribution in [0.4, 0.5) is 0 Å². The maximum atomic E-state index is 2.51. The molecule has 0 fully saturated rings. The second kappa shape index (κ2) is 10.4. The van der Waals surface area contributed by atoms with Gasteiger partial charge in [-0.2, -0.15) is 0 Å². The lowest BCUT2D eigenvalue weighted by Gasteiger charge is -2.35. The van der Waals surface area contributed by atoms with Gasteiger partial charge in [0.1, 0.15) is 0 Å². The quantitative estimate of drug-likeness (QED) is 0.137. The van der Waals surface area contributed by atoms with Crippen molar-refractivity contribution in [2.45, 2.75) is 0 Å². The summed E-state index contributed by atoms with van der Waals surface area (Å²) in [5, 5.41) is 10.9. The van der Waals surface area contributed by atoms with Gasteiger partial charge in [0.2, 0.25) is 0 Å². The first-order chi connectivity index (χ1) is 22.3. The molecule has 9 aromatic rings. The van der Waals surface area contributed by atoms with E-state index in [9.17, 15) is 0 Å². The Morgan fingerprint density at radius 3 is 1.71 bits per heavy atom. The molecule has 2 heterocycles. The van der Waals surface area contributed by atoms with Gasteiger partial charge in [0.15, 0.2) is 8.07 Å². The fourth-order valence-corrected chi connectivity index (χ4v) is 14.0. The van der Waals surface area contributed by atoms with Gasteiger partial charge in [0.05, 0.1) is 11.0 Å². The average molecular weight is 608 g/mol. The van der Waals surface area contributed by atoms with Crippen LogP contribution in [0.2, 0.25) is 0 Å². The summed E-state index contributed by atoms with van der Waals surface area (Å²) in [5.74, 6) is 0. The largest absolute Gasteiger partial charge is 0.309 e. The minimum Gasteiger partial charge on any atom is -0.309 e. The monoisotopic (exact) mass is 607 g/mol. The molecule has 7 aromatic carbocycles. The van der Waals surface area contributed by atoms with Crippen molar-refractivity contribution in [1.82, 2.24) is 4.57 Å². The molecule has 0 aliphatic carbocycles. The number of hydrogen-bond donors (Lipinski definition) is 0. The standard InChI is InChI=1S/C42H29NSSi/c1-4-15-30(16-5-1)43-38-24-12-10-21-34(38)35-28-27-33(29-39(35)43)45(31-17-6-2-7-18-31,32-19-8-3-9-20-32)41-26-14-23-37-36-22-11-13-25-40(36)44-42(37)41/h1-29H. The second-order valence-electron chi connectivity index (χ2n) is 11.7. The SMILES string of the molecule is c1ccc(-n2c3ccccc3c3ccc([Si](c4ccccc4)(c4ccccc4)c4cccc5c4sc4ccccc45)cc32)cc1. The summed E-state index contributed by atoms with van der Waals surface area (Å²) < 4.78 is 5.17. The van der Waals surface area contributed by atoms with Gasteiger partial charge in [0.25, 0.3) is 0 Å². The first-order valence-electron chi connectivity index (χ1n) is 15.4. The highest BCUT2D eigenvalue weighted by atomic mass is 32.1. The number of benzene rings is 7. The molecule has 0 aliphatic heterocycles. The predicted octanol–water partition coefficient (Wildman–Crippen LogP) is 8.53. The predicted molar refractivity (Wildman–Crippen MR) is 197 cm³/mol. The van der Waals surface area contributed by atoms with Crippen molar-refractivity contribution in [1.29, 1.82) is 0 Å². The molecule has 2 aromatic heterocycles. The minimum absolute atomic E-state index is 1.18. The van der Waals surface area contributed by atoms with Gasteiger partial charge in [-0.05, 0) is 51.1 Å². The molecule has 3 heteroatoms. The highest BCUT2D eigenvalue weighted by molar-refractivity contribution is 7.30. The molecule has 212 valence electrons. The van der Waals surface area contributed by atoms with E-state index in [1.165, 1.54) is 68.4 Å². The molecule has 0 atom stereocenters. The molecule has 0 radical (unpaired) electrons.